The lowest BCUT2D eigenvalue weighted by atomic mass is 10.1. The van der Waals surface area contributed by atoms with Gasteiger partial charge in [0, 0.05) is 43.0 Å². The highest BCUT2D eigenvalue weighted by atomic mass is 35.5. The van der Waals surface area contributed by atoms with Gasteiger partial charge in [0.05, 0.1) is 19.3 Å². The number of nitrogens with one attached hydrogen (secondary N) is 1. The molecule has 0 saturated carbocycles. The molecule has 3 aliphatic rings. The van der Waals surface area contributed by atoms with Crippen LogP contribution in [0, 0.1) is 0 Å². The van der Waals surface area contributed by atoms with Crippen LogP contribution in [0.3, 0.4) is 0 Å². The minimum absolute atomic E-state index is 0.00328. The van der Waals surface area contributed by atoms with Crippen LogP contribution in [0.25, 0.3) is 0 Å². The summed E-state index contributed by atoms with van der Waals surface area (Å²) in [4.78, 5) is 16.8. The Labute approximate surface area is 159 Å². The van der Waals surface area contributed by atoms with Gasteiger partial charge in [-0.3, -0.25) is 0 Å². The van der Waals surface area contributed by atoms with Crippen LogP contribution in [-0.4, -0.2) is 68.6 Å². The van der Waals surface area contributed by atoms with E-state index in [-0.39, 0.29) is 24.3 Å². The number of hydrogen-bond acceptors (Lipinski definition) is 4. The Morgan fingerprint density at radius 3 is 2.81 bits per heavy atom. The van der Waals surface area contributed by atoms with E-state index < -0.39 is 0 Å². The second kappa shape index (κ2) is 8.03. The third-order valence-corrected chi connectivity index (χ3v) is 5.68. The summed E-state index contributed by atoms with van der Waals surface area (Å²) in [6.07, 6.45) is 3.19. The highest BCUT2D eigenvalue weighted by Crippen LogP contribution is 2.24. The number of rotatable bonds is 3. The number of hydrogen-bond donors (Lipinski definition) is 1. The number of urea groups is 1. The SMILES string of the molecule is O=C(N[C@@H]1CCN(c2cccc(Cl)c2)C1)N1CCO[C@H]([C@@H]2CCCO2)C1. The quantitative estimate of drug-likeness (QED) is 0.876. The number of carbonyl (C=O) groups is 1. The normalized spacial score (nSPS) is 29.2. The van der Waals surface area contributed by atoms with Crippen molar-refractivity contribution in [2.75, 3.05) is 44.3 Å². The minimum atomic E-state index is 0.00328. The predicted octanol–water partition coefficient (Wildman–Crippen LogP) is 2.51. The molecule has 3 heterocycles. The number of ether oxygens (including phenoxy) is 2. The molecule has 1 aromatic rings. The number of benzene rings is 1. The average Bonchev–Trinajstić information content (AvgIpc) is 3.34. The topological polar surface area (TPSA) is 54.0 Å². The molecular formula is C19H26ClN3O3. The Hall–Kier alpha value is -1.50. The van der Waals surface area contributed by atoms with Gasteiger partial charge in [-0.15, -0.1) is 0 Å². The molecule has 7 heteroatoms. The lowest BCUT2D eigenvalue weighted by Crippen LogP contribution is -2.54. The van der Waals surface area contributed by atoms with Crippen LogP contribution in [-0.2, 0) is 9.47 Å². The first-order valence-electron chi connectivity index (χ1n) is 9.48. The van der Waals surface area contributed by atoms with Crippen molar-refractivity contribution in [3.63, 3.8) is 0 Å². The molecule has 3 atom stereocenters. The third kappa shape index (κ3) is 4.08. The largest absolute Gasteiger partial charge is 0.375 e. The zero-order valence-corrected chi connectivity index (χ0v) is 15.7. The molecule has 1 aromatic carbocycles. The van der Waals surface area contributed by atoms with Gasteiger partial charge in [0.25, 0.3) is 0 Å². The molecule has 0 aromatic heterocycles. The van der Waals surface area contributed by atoms with Crippen LogP contribution in [0.2, 0.25) is 5.02 Å². The Morgan fingerprint density at radius 1 is 1.12 bits per heavy atom. The fraction of sp³-hybridized carbons (Fsp3) is 0.632. The fourth-order valence-electron chi connectivity index (χ4n) is 4.03. The Morgan fingerprint density at radius 2 is 2.00 bits per heavy atom. The maximum atomic E-state index is 12.7. The summed E-state index contributed by atoms with van der Waals surface area (Å²) in [5.74, 6) is 0. The van der Waals surface area contributed by atoms with E-state index in [1.54, 1.807) is 0 Å². The van der Waals surface area contributed by atoms with Gasteiger partial charge in [0.15, 0.2) is 0 Å². The van der Waals surface area contributed by atoms with E-state index in [1.165, 1.54) is 0 Å². The summed E-state index contributed by atoms with van der Waals surface area (Å²) in [5, 5.41) is 3.93. The van der Waals surface area contributed by atoms with Crippen molar-refractivity contribution in [2.24, 2.45) is 0 Å². The Kier molecular flexibility index (Phi) is 5.52. The zero-order valence-electron chi connectivity index (χ0n) is 14.9. The summed E-state index contributed by atoms with van der Waals surface area (Å²) in [6, 6.07) is 8.04. The van der Waals surface area contributed by atoms with Crippen LogP contribution >= 0.6 is 11.6 Å². The van der Waals surface area contributed by atoms with Crippen LogP contribution < -0.4 is 10.2 Å². The van der Waals surface area contributed by atoms with Crippen LogP contribution in [0.5, 0.6) is 0 Å². The second-order valence-corrected chi connectivity index (χ2v) is 7.70. The van der Waals surface area contributed by atoms with Crippen LogP contribution in [0.4, 0.5) is 10.5 Å². The van der Waals surface area contributed by atoms with E-state index in [2.05, 4.69) is 16.3 Å². The number of amides is 2. The van der Waals surface area contributed by atoms with E-state index in [0.29, 0.717) is 19.7 Å². The molecule has 4 rings (SSSR count). The number of morpholine rings is 1. The van der Waals surface area contributed by atoms with Gasteiger partial charge in [-0.1, -0.05) is 17.7 Å². The second-order valence-electron chi connectivity index (χ2n) is 7.27. The minimum Gasteiger partial charge on any atom is -0.375 e. The molecule has 6 nitrogen and oxygen atoms in total. The van der Waals surface area contributed by atoms with Crippen LogP contribution in [0.15, 0.2) is 24.3 Å². The standard InChI is InChI=1S/C19H26ClN3O3/c20-14-3-1-4-16(11-14)22-7-6-15(12-22)21-19(24)23-8-10-26-18(13-23)17-5-2-9-25-17/h1,3-4,11,15,17-18H,2,5-10,12-13H2,(H,21,24)/t15-,17+,18+/m1/s1. The molecule has 26 heavy (non-hydrogen) atoms. The number of nitrogens with zero attached hydrogens (tertiary/aromatic N) is 2. The van der Waals surface area contributed by atoms with Crippen molar-refractivity contribution >= 4 is 23.3 Å². The molecule has 142 valence electrons. The van der Waals surface area contributed by atoms with Crippen molar-refractivity contribution in [1.29, 1.82) is 0 Å². The van der Waals surface area contributed by atoms with Gasteiger partial charge in [0.1, 0.15) is 6.10 Å². The van der Waals surface area contributed by atoms with Gasteiger partial charge in [-0.2, -0.15) is 0 Å². The number of anilines is 1. The van der Waals surface area contributed by atoms with E-state index in [1.807, 2.05) is 23.1 Å². The van der Waals surface area contributed by atoms with E-state index in [9.17, 15) is 4.79 Å². The van der Waals surface area contributed by atoms with Crippen LogP contribution in [0.1, 0.15) is 19.3 Å². The molecule has 2 amide bonds. The zero-order chi connectivity index (χ0) is 17.9. The van der Waals surface area contributed by atoms with Crippen molar-refractivity contribution in [3.05, 3.63) is 29.3 Å². The Balaban J connectivity index is 1.29. The van der Waals surface area contributed by atoms with Gasteiger partial charge in [-0.25, -0.2) is 4.79 Å². The molecule has 0 spiro atoms. The monoisotopic (exact) mass is 379 g/mol. The summed E-state index contributed by atoms with van der Waals surface area (Å²) in [5.41, 5.74) is 1.11. The number of carbonyl (C=O) groups excluding carboxylic acids is 1. The first kappa shape index (κ1) is 17.9. The first-order valence-corrected chi connectivity index (χ1v) is 9.86. The third-order valence-electron chi connectivity index (χ3n) is 5.45. The molecule has 0 unspecified atom stereocenters. The van der Waals surface area contributed by atoms with Crippen molar-refractivity contribution in [1.82, 2.24) is 10.2 Å². The summed E-state index contributed by atoms with van der Waals surface area (Å²) in [7, 11) is 0. The predicted molar refractivity (Wildman–Crippen MR) is 101 cm³/mol. The molecule has 3 saturated heterocycles. The van der Waals surface area contributed by atoms with Gasteiger partial charge in [-0.05, 0) is 37.5 Å². The molecule has 3 fully saturated rings. The summed E-state index contributed by atoms with van der Waals surface area (Å²) >= 11 is 6.09. The maximum Gasteiger partial charge on any atom is 0.317 e. The van der Waals surface area contributed by atoms with Gasteiger partial charge >= 0.3 is 6.03 Å². The van der Waals surface area contributed by atoms with Gasteiger partial charge in [0.2, 0.25) is 0 Å². The van der Waals surface area contributed by atoms with E-state index in [4.69, 9.17) is 21.1 Å². The fourth-order valence-corrected chi connectivity index (χ4v) is 4.22. The van der Waals surface area contributed by atoms with Crippen molar-refractivity contribution < 1.29 is 14.3 Å². The van der Waals surface area contributed by atoms with E-state index >= 15 is 0 Å². The molecule has 0 aliphatic carbocycles. The number of halogens is 1. The lowest BCUT2D eigenvalue weighted by Gasteiger charge is -2.35. The maximum absolute atomic E-state index is 12.7. The Bertz CT molecular complexity index is 638. The summed E-state index contributed by atoms with van der Waals surface area (Å²) in [6.45, 7) is 4.37. The molecule has 1 N–H and O–H groups in total. The van der Waals surface area contributed by atoms with Gasteiger partial charge < -0.3 is 24.6 Å². The highest BCUT2D eigenvalue weighted by Gasteiger charge is 2.34. The van der Waals surface area contributed by atoms with Crippen molar-refractivity contribution in [2.45, 2.75) is 37.5 Å². The first-order chi connectivity index (χ1) is 12.7. The average molecular weight is 380 g/mol. The molecule has 0 radical (unpaired) electrons. The molecule has 3 aliphatic heterocycles. The molecular weight excluding hydrogens is 354 g/mol. The lowest BCUT2D eigenvalue weighted by molar-refractivity contribution is -0.0849. The summed E-state index contributed by atoms with van der Waals surface area (Å²) < 4.78 is 11.6. The highest BCUT2D eigenvalue weighted by molar-refractivity contribution is 6.30. The molecule has 0 bridgehead atoms. The smallest absolute Gasteiger partial charge is 0.317 e. The van der Waals surface area contributed by atoms with Crippen molar-refractivity contribution in [3.8, 4) is 0 Å². The van der Waals surface area contributed by atoms with E-state index in [0.717, 1.165) is 49.7 Å².